The summed E-state index contributed by atoms with van der Waals surface area (Å²) in [6.45, 7) is 2.09. The number of carbonyl (C=O) groups excluding carboxylic acids is 2. The molecule has 4 rings (SSSR count). The fourth-order valence-corrected chi connectivity index (χ4v) is 4.92. The second kappa shape index (κ2) is 10.5. The fourth-order valence-electron chi connectivity index (χ4n) is 4.03. The molecule has 0 aromatic heterocycles. The molecule has 1 amide bonds. The summed E-state index contributed by atoms with van der Waals surface area (Å²) in [6, 6.07) is 30.0. The molecule has 5 nitrogen and oxygen atoms in total. The molecule has 0 bridgehead atoms. The number of ether oxygens (including phenoxy) is 1. The van der Waals surface area contributed by atoms with Crippen LogP contribution in [0.25, 0.3) is 0 Å². The average molecular weight is 459 g/mol. The summed E-state index contributed by atoms with van der Waals surface area (Å²) in [6.07, 6.45) is 1.38. The van der Waals surface area contributed by atoms with Crippen LogP contribution in [-0.2, 0) is 19.9 Å². The number of thioether (sulfide) groups is 1. The molecule has 1 fully saturated rings. The molecular weight excluding hydrogens is 432 g/mol. The Bertz CT molecular complexity index is 1010. The molecule has 33 heavy (non-hydrogen) atoms. The lowest BCUT2D eigenvalue weighted by molar-refractivity contribution is -0.137. The molecule has 1 aliphatic heterocycles. The fraction of sp³-hybridized carbons (Fsp3) is 0.185. The monoisotopic (exact) mass is 458 g/mol. The number of esters is 1. The quantitative estimate of drug-likeness (QED) is 0.218. The van der Waals surface area contributed by atoms with Crippen molar-refractivity contribution in [1.29, 1.82) is 0 Å². The van der Waals surface area contributed by atoms with Gasteiger partial charge in [0.1, 0.15) is 11.4 Å². The van der Waals surface area contributed by atoms with Gasteiger partial charge in [0, 0.05) is 6.08 Å². The van der Waals surface area contributed by atoms with Crippen molar-refractivity contribution < 1.29 is 14.3 Å². The molecule has 0 saturated carbocycles. The predicted octanol–water partition coefficient (Wildman–Crippen LogP) is 4.20. The molecule has 2 atom stereocenters. The molecule has 3 aromatic carbocycles. The van der Waals surface area contributed by atoms with E-state index in [1.165, 1.54) is 17.8 Å². The van der Waals surface area contributed by atoms with Crippen molar-refractivity contribution in [3.05, 3.63) is 119 Å². The molecule has 0 unspecified atom stereocenters. The van der Waals surface area contributed by atoms with Crippen LogP contribution in [-0.4, -0.2) is 29.9 Å². The summed E-state index contributed by atoms with van der Waals surface area (Å²) in [5.74, 6) is -0.475. The Balaban J connectivity index is 1.73. The smallest absolute Gasteiger partial charge is 0.331 e. The molecule has 1 heterocycles. The van der Waals surface area contributed by atoms with E-state index in [1.807, 2.05) is 54.6 Å². The van der Waals surface area contributed by atoms with E-state index in [0.717, 1.165) is 16.7 Å². The highest BCUT2D eigenvalue weighted by Crippen LogP contribution is 2.39. The van der Waals surface area contributed by atoms with Crippen LogP contribution in [0.3, 0.4) is 0 Å². The van der Waals surface area contributed by atoms with Gasteiger partial charge in [-0.3, -0.25) is 10.1 Å². The Morgan fingerprint density at radius 2 is 1.42 bits per heavy atom. The summed E-state index contributed by atoms with van der Waals surface area (Å²) < 4.78 is 4.94. The molecular formula is C27H26N2O3S. The van der Waals surface area contributed by atoms with Crippen molar-refractivity contribution >= 4 is 23.6 Å². The summed E-state index contributed by atoms with van der Waals surface area (Å²) >= 11 is 1.38. The van der Waals surface area contributed by atoms with Crippen LogP contribution in [0.2, 0.25) is 0 Å². The first-order chi connectivity index (χ1) is 16.1. The minimum absolute atomic E-state index is 0.0794. The van der Waals surface area contributed by atoms with Crippen LogP contribution in [0.5, 0.6) is 0 Å². The predicted molar refractivity (Wildman–Crippen MR) is 131 cm³/mol. The van der Waals surface area contributed by atoms with Crippen LogP contribution in [0, 0.1) is 0 Å². The van der Waals surface area contributed by atoms with E-state index in [4.69, 9.17) is 4.74 Å². The molecule has 0 spiro atoms. The van der Waals surface area contributed by atoms with Crippen molar-refractivity contribution in [2.45, 2.75) is 23.9 Å². The maximum Gasteiger partial charge on any atom is 0.331 e. The second-order valence-corrected chi connectivity index (χ2v) is 8.64. The Hall–Kier alpha value is -3.35. The second-order valence-electron chi connectivity index (χ2n) is 7.59. The number of benzene rings is 3. The Labute approximate surface area is 198 Å². The first-order valence-electron chi connectivity index (χ1n) is 10.9. The third kappa shape index (κ3) is 4.87. The van der Waals surface area contributed by atoms with Gasteiger partial charge in [0.15, 0.2) is 0 Å². The lowest BCUT2D eigenvalue weighted by atomic mass is 9.76. The van der Waals surface area contributed by atoms with Gasteiger partial charge < -0.3 is 10.1 Å². The minimum atomic E-state index is -0.740. The lowest BCUT2D eigenvalue weighted by Crippen LogP contribution is -2.70. The van der Waals surface area contributed by atoms with Crippen molar-refractivity contribution in [1.82, 2.24) is 10.6 Å². The number of rotatable bonds is 9. The normalized spacial score (nSPS) is 17.9. The zero-order valence-electron chi connectivity index (χ0n) is 18.3. The summed E-state index contributed by atoms with van der Waals surface area (Å²) in [7, 11) is 0. The summed E-state index contributed by atoms with van der Waals surface area (Å²) in [5, 5.41) is 8.08. The maximum absolute atomic E-state index is 12.7. The molecule has 168 valence electrons. The highest BCUT2D eigenvalue weighted by atomic mass is 32.2. The van der Waals surface area contributed by atoms with Crippen molar-refractivity contribution in [3.63, 3.8) is 0 Å². The first-order valence-corrected chi connectivity index (χ1v) is 11.8. The first kappa shape index (κ1) is 22.8. The Kier molecular flexibility index (Phi) is 7.27. The van der Waals surface area contributed by atoms with E-state index in [2.05, 4.69) is 47.0 Å². The third-order valence-corrected chi connectivity index (χ3v) is 6.55. The standard InChI is InChI=1S/C27H26N2O3S/c1-2-32-23(30)18-19-33-26-24(25(31)28-26)29-27(20-12-6-3-7-13-20,21-14-8-4-9-15-21)22-16-10-5-11-17-22/h3-19,24,26,29H,2H2,1H3,(H,28,31)/b19-18+/t24-,26-/m1/s1. The van der Waals surface area contributed by atoms with E-state index in [-0.39, 0.29) is 11.3 Å². The number of nitrogens with one attached hydrogen (secondary N) is 2. The number of carbonyl (C=O) groups is 2. The van der Waals surface area contributed by atoms with E-state index in [1.54, 1.807) is 12.3 Å². The van der Waals surface area contributed by atoms with Gasteiger partial charge in [0.05, 0.1) is 12.1 Å². The van der Waals surface area contributed by atoms with E-state index >= 15 is 0 Å². The summed E-state index contributed by atoms with van der Waals surface area (Å²) in [4.78, 5) is 24.3. The highest BCUT2D eigenvalue weighted by Gasteiger charge is 2.47. The number of hydrogen-bond acceptors (Lipinski definition) is 5. The largest absolute Gasteiger partial charge is 0.463 e. The summed E-state index contributed by atoms with van der Waals surface area (Å²) in [5.41, 5.74) is 2.37. The van der Waals surface area contributed by atoms with Crippen LogP contribution in [0.1, 0.15) is 23.6 Å². The van der Waals surface area contributed by atoms with Gasteiger partial charge in [-0.1, -0.05) is 91.0 Å². The van der Waals surface area contributed by atoms with Gasteiger partial charge in [0.25, 0.3) is 0 Å². The van der Waals surface area contributed by atoms with Crippen LogP contribution in [0.4, 0.5) is 0 Å². The molecule has 6 heteroatoms. The van der Waals surface area contributed by atoms with Gasteiger partial charge in [-0.25, -0.2) is 4.79 Å². The van der Waals surface area contributed by atoms with Crippen molar-refractivity contribution in [2.24, 2.45) is 0 Å². The van der Waals surface area contributed by atoms with Gasteiger partial charge in [0.2, 0.25) is 5.91 Å². The SMILES string of the molecule is CCOC(=O)/C=C/S[C@H]1NC(=O)[C@H]1NC(c1ccccc1)(c1ccccc1)c1ccccc1. The Morgan fingerprint density at radius 1 is 0.939 bits per heavy atom. The molecule has 1 saturated heterocycles. The van der Waals surface area contributed by atoms with Gasteiger partial charge in [-0.2, -0.15) is 0 Å². The molecule has 2 N–H and O–H groups in total. The van der Waals surface area contributed by atoms with Gasteiger partial charge >= 0.3 is 5.97 Å². The minimum Gasteiger partial charge on any atom is -0.463 e. The Morgan fingerprint density at radius 3 is 1.85 bits per heavy atom. The van der Waals surface area contributed by atoms with Crippen molar-refractivity contribution in [2.75, 3.05) is 6.61 Å². The van der Waals surface area contributed by atoms with Crippen LogP contribution < -0.4 is 10.6 Å². The van der Waals surface area contributed by atoms with Crippen LogP contribution >= 0.6 is 11.8 Å². The maximum atomic E-state index is 12.7. The number of hydrogen-bond donors (Lipinski definition) is 2. The van der Waals surface area contributed by atoms with E-state index in [9.17, 15) is 9.59 Å². The molecule has 1 aliphatic rings. The molecule has 3 aromatic rings. The highest BCUT2D eigenvalue weighted by molar-refractivity contribution is 8.02. The number of β-lactam (4-membered cyclic amide) rings is 1. The average Bonchev–Trinajstić information content (AvgIpc) is 2.86. The van der Waals surface area contributed by atoms with Gasteiger partial charge in [-0.05, 0) is 29.0 Å². The lowest BCUT2D eigenvalue weighted by Gasteiger charge is -2.45. The molecule has 0 aliphatic carbocycles. The topological polar surface area (TPSA) is 67.4 Å². The molecule has 0 radical (unpaired) electrons. The number of amides is 1. The van der Waals surface area contributed by atoms with Crippen molar-refractivity contribution in [3.8, 4) is 0 Å². The van der Waals surface area contributed by atoms with E-state index < -0.39 is 17.6 Å². The zero-order valence-corrected chi connectivity index (χ0v) is 19.1. The van der Waals surface area contributed by atoms with Crippen LogP contribution in [0.15, 0.2) is 102 Å². The van der Waals surface area contributed by atoms with Gasteiger partial charge in [-0.15, -0.1) is 11.8 Å². The third-order valence-electron chi connectivity index (χ3n) is 5.58. The zero-order chi connectivity index (χ0) is 23.1. The van der Waals surface area contributed by atoms with E-state index in [0.29, 0.717) is 6.61 Å².